The second-order valence-electron chi connectivity index (χ2n) is 6.96. The van der Waals surface area contributed by atoms with E-state index in [-0.39, 0.29) is 10.7 Å². The van der Waals surface area contributed by atoms with Crippen molar-refractivity contribution in [3.8, 4) is 23.0 Å². The summed E-state index contributed by atoms with van der Waals surface area (Å²) in [5, 5.41) is 5.79. The number of hydrogen-bond acceptors (Lipinski definition) is 6. The molecule has 0 atom stereocenters. The van der Waals surface area contributed by atoms with Crippen molar-refractivity contribution in [3.63, 3.8) is 0 Å². The average Bonchev–Trinajstić information content (AvgIpc) is 3.21. The Hall–Kier alpha value is -3.91. The molecule has 1 aromatic heterocycles. The Kier molecular flexibility index (Phi) is 6.04. The van der Waals surface area contributed by atoms with Gasteiger partial charge in [0.05, 0.1) is 14.2 Å². The van der Waals surface area contributed by atoms with Crippen molar-refractivity contribution >= 4 is 40.0 Å². The summed E-state index contributed by atoms with van der Waals surface area (Å²) in [6.07, 6.45) is 0. The van der Waals surface area contributed by atoms with E-state index in [4.69, 9.17) is 26.1 Å². The normalized spacial score (nSPS) is 10.6. The lowest BCUT2D eigenvalue weighted by Gasteiger charge is -2.14. The number of aryl methyl sites for hydroxylation is 1. The van der Waals surface area contributed by atoms with E-state index in [1.165, 1.54) is 14.2 Å². The van der Waals surface area contributed by atoms with Crippen LogP contribution in [-0.4, -0.2) is 30.2 Å². The fourth-order valence-corrected chi connectivity index (χ4v) is 3.55. The third-order valence-electron chi connectivity index (χ3n) is 4.90. The van der Waals surface area contributed by atoms with E-state index in [9.17, 15) is 4.79 Å². The Balaban J connectivity index is 1.52. The summed E-state index contributed by atoms with van der Waals surface area (Å²) in [6.45, 7) is 2.01. The van der Waals surface area contributed by atoms with Crippen molar-refractivity contribution in [3.05, 3.63) is 71.8 Å². The van der Waals surface area contributed by atoms with E-state index < -0.39 is 5.91 Å². The number of thiocarbonyl (C=S) groups is 1. The first-order valence-electron chi connectivity index (χ1n) is 9.80. The van der Waals surface area contributed by atoms with Crippen LogP contribution in [0.3, 0.4) is 0 Å². The number of rotatable bonds is 5. The predicted molar refractivity (Wildman–Crippen MR) is 127 cm³/mol. The number of nitrogens with one attached hydrogen (secondary N) is 2. The zero-order valence-corrected chi connectivity index (χ0v) is 18.6. The molecule has 4 aromatic rings. The molecular weight excluding hydrogens is 426 g/mol. The fourth-order valence-electron chi connectivity index (χ4n) is 3.34. The molecule has 1 heterocycles. The number of amides is 1. The number of anilines is 1. The Bertz CT molecular complexity index is 1290. The lowest BCUT2D eigenvalue weighted by Crippen LogP contribution is -2.34. The highest BCUT2D eigenvalue weighted by atomic mass is 32.1. The highest BCUT2D eigenvalue weighted by Crippen LogP contribution is 2.29. The number of benzene rings is 3. The van der Waals surface area contributed by atoms with Gasteiger partial charge >= 0.3 is 0 Å². The first kappa shape index (κ1) is 21.3. The maximum Gasteiger partial charge on any atom is 0.264 e. The number of fused-ring (bicyclic) bond motifs is 1. The van der Waals surface area contributed by atoms with Gasteiger partial charge in [0, 0.05) is 11.3 Å². The van der Waals surface area contributed by atoms with Gasteiger partial charge in [0.1, 0.15) is 22.6 Å². The molecule has 2 N–H and O–H groups in total. The topological polar surface area (TPSA) is 85.6 Å². The number of carbonyl (C=O) groups is 1. The molecule has 4 rings (SSSR count). The number of oxazole rings is 1. The van der Waals surface area contributed by atoms with Crippen LogP contribution in [0.15, 0.2) is 65.1 Å². The van der Waals surface area contributed by atoms with Gasteiger partial charge in [0.15, 0.2) is 10.7 Å². The van der Waals surface area contributed by atoms with Gasteiger partial charge in [-0.15, -0.1) is 0 Å². The maximum atomic E-state index is 12.8. The van der Waals surface area contributed by atoms with E-state index in [1.807, 2.05) is 37.3 Å². The van der Waals surface area contributed by atoms with Crippen LogP contribution < -0.4 is 20.1 Å². The molecule has 0 unspecified atom stereocenters. The quantitative estimate of drug-likeness (QED) is 0.419. The summed E-state index contributed by atoms with van der Waals surface area (Å²) < 4.78 is 16.5. The number of ether oxygens (including phenoxy) is 2. The molecule has 0 saturated heterocycles. The van der Waals surface area contributed by atoms with Crippen LogP contribution in [0.25, 0.3) is 22.6 Å². The lowest BCUT2D eigenvalue weighted by molar-refractivity contribution is 0.0971. The van der Waals surface area contributed by atoms with Gasteiger partial charge in [-0.2, -0.15) is 0 Å². The van der Waals surface area contributed by atoms with Crippen molar-refractivity contribution in [1.29, 1.82) is 0 Å². The summed E-state index contributed by atoms with van der Waals surface area (Å²) in [4.78, 5) is 17.4. The van der Waals surface area contributed by atoms with Gasteiger partial charge in [0.2, 0.25) is 5.89 Å². The SMILES string of the molecule is COc1cccc(OC)c1C(=O)NC(=S)Nc1ccc2oc(-c3ccccc3C)nc2c1. The van der Waals surface area contributed by atoms with Crippen LogP contribution in [0.2, 0.25) is 0 Å². The molecule has 162 valence electrons. The van der Waals surface area contributed by atoms with Crippen LogP contribution in [0, 0.1) is 6.92 Å². The van der Waals surface area contributed by atoms with Crippen molar-refractivity contribution in [2.75, 3.05) is 19.5 Å². The molecule has 0 spiro atoms. The highest BCUT2D eigenvalue weighted by Gasteiger charge is 2.19. The van der Waals surface area contributed by atoms with Crippen LogP contribution in [-0.2, 0) is 0 Å². The van der Waals surface area contributed by atoms with E-state index in [0.29, 0.717) is 34.2 Å². The molecule has 0 fully saturated rings. The minimum atomic E-state index is -0.443. The number of carbonyl (C=O) groups excluding carboxylic acids is 1. The zero-order chi connectivity index (χ0) is 22.7. The summed E-state index contributed by atoms with van der Waals surface area (Å²) in [5.74, 6) is 0.880. The van der Waals surface area contributed by atoms with Crippen molar-refractivity contribution in [2.24, 2.45) is 0 Å². The Labute approximate surface area is 190 Å². The lowest BCUT2D eigenvalue weighted by atomic mass is 10.1. The van der Waals surface area contributed by atoms with Crippen LogP contribution in [0.1, 0.15) is 15.9 Å². The Morgan fingerprint density at radius 1 is 1.00 bits per heavy atom. The second kappa shape index (κ2) is 9.07. The maximum absolute atomic E-state index is 12.8. The van der Waals surface area contributed by atoms with Gasteiger partial charge in [-0.25, -0.2) is 4.98 Å². The smallest absolute Gasteiger partial charge is 0.264 e. The monoisotopic (exact) mass is 447 g/mol. The van der Waals surface area contributed by atoms with Gasteiger partial charge in [-0.1, -0.05) is 24.3 Å². The predicted octanol–water partition coefficient (Wildman–Crippen LogP) is 4.95. The molecule has 0 aliphatic carbocycles. The number of hydrogen-bond donors (Lipinski definition) is 2. The van der Waals surface area contributed by atoms with Gasteiger partial charge in [-0.05, 0) is 61.1 Å². The first-order valence-corrected chi connectivity index (χ1v) is 10.2. The number of aromatic nitrogens is 1. The van der Waals surface area contributed by atoms with Gasteiger partial charge < -0.3 is 19.2 Å². The van der Waals surface area contributed by atoms with Gasteiger partial charge in [0.25, 0.3) is 5.91 Å². The van der Waals surface area contributed by atoms with E-state index >= 15 is 0 Å². The van der Waals surface area contributed by atoms with Crippen LogP contribution in [0.5, 0.6) is 11.5 Å². The molecule has 1 amide bonds. The molecule has 0 saturated carbocycles. The van der Waals surface area contributed by atoms with E-state index in [1.54, 1.807) is 30.3 Å². The highest BCUT2D eigenvalue weighted by molar-refractivity contribution is 7.80. The van der Waals surface area contributed by atoms with Crippen molar-refractivity contribution < 1.29 is 18.7 Å². The Morgan fingerprint density at radius 3 is 2.41 bits per heavy atom. The van der Waals surface area contributed by atoms with Crippen LogP contribution in [0.4, 0.5) is 5.69 Å². The molecule has 3 aromatic carbocycles. The number of nitrogens with zero attached hydrogens (tertiary/aromatic N) is 1. The largest absolute Gasteiger partial charge is 0.496 e. The summed E-state index contributed by atoms with van der Waals surface area (Å²) >= 11 is 5.32. The molecule has 32 heavy (non-hydrogen) atoms. The average molecular weight is 448 g/mol. The molecule has 0 aliphatic heterocycles. The molecule has 0 radical (unpaired) electrons. The van der Waals surface area contributed by atoms with E-state index in [2.05, 4.69) is 15.6 Å². The molecule has 7 nitrogen and oxygen atoms in total. The molecule has 8 heteroatoms. The minimum absolute atomic E-state index is 0.130. The Morgan fingerprint density at radius 2 is 1.72 bits per heavy atom. The first-order chi connectivity index (χ1) is 15.5. The van der Waals surface area contributed by atoms with E-state index in [0.717, 1.165) is 11.1 Å². The summed E-state index contributed by atoms with van der Waals surface area (Å²) in [7, 11) is 2.97. The molecular formula is C24H21N3O4S. The van der Waals surface area contributed by atoms with Crippen LogP contribution >= 0.6 is 12.2 Å². The molecule has 0 bridgehead atoms. The second-order valence-corrected chi connectivity index (χ2v) is 7.37. The third-order valence-corrected chi connectivity index (χ3v) is 5.11. The van der Waals surface area contributed by atoms with Crippen molar-refractivity contribution in [2.45, 2.75) is 6.92 Å². The number of methoxy groups -OCH3 is 2. The fraction of sp³-hybridized carbons (Fsp3) is 0.125. The van der Waals surface area contributed by atoms with Crippen molar-refractivity contribution in [1.82, 2.24) is 10.3 Å². The minimum Gasteiger partial charge on any atom is -0.496 e. The van der Waals surface area contributed by atoms with Gasteiger partial charge in [-0.3, -0.25) is 10.1 Å². The summed E-state index contributed by atoms with van der Waals surface area (Å²) in [6, 6.07) is 18.4. The zero-order valence-electron chi connectivity index (χ0n) is 17.8. The standard InChI is InChI=1S/C24H21N3O4S/c1-14-7-4-5-8-16(14)23-26-17-13-15(11-12-18(17)31-23)25-24(32)27-22(28)21-19(29-2)9-6-10-20(21)30-3/h4-13H,1-3H3,(H2,25,27,28,32). The summed E-state index contributed by atoms with van der Waals surface area (Å²) in [5.41, 5.74) is 4.27. The third kappa shape index (κ3) is 4.26. The molecule has 0 aliphatic rings.